The minimum Gasteiger partial charge on any atom is -0.463 e. The van der Waals surface area contributed by atoms with Gasteiger partial charge >= 0.3 is 12.0 Å². The number of rotatable bonds is 7. The van der Waals surface area contributed by atoms with Crippen molar-refractivity contribution in [2.24, 2.45) is 0 Å². The maximum atomic E-state index is 13.1. The van der Waals surface area contributed by atoms with Gasteiger partial charge in [-0.2, -0.15) is 0 Å². The van der Waals surface area contributed by atoms with Crippen LogP contribution in [0.1, 0.15) is 43.9 Å². The molecule has 0 fully saturated rings. The number of carbonyl (C=O) groups is 2. The zero-order valence-electron chi connectivity index (χ0n) is 17.7. The largest absolute Gasteiger partial charge is 0.463 e. The molecule has 0 saturated heterocycles. The highest BCUT2D eigenvalue weighted by atomic mass is 32.2. The van der Waals surface area contributed by atoms with Crippen LogP contribution >= 0.6 is 0 Å². The second-order valence-corrected chi connectivity index (χ2v) is 9.53. The van der Waals surface area contributed by atoms with Gasteiger partial charge in [0.2, 0.25) is 0 Å². The van der Waals surface area contributed by atoms with Crippen LogP contribution in [0.4, 0.5) is 4.79 Å². The smallest absolute Gasteiger partial charge is 0.338 e. The first-order chi connectivity index (χ1) is 14.7. The molecule has 31 heavy (non-hydrogen) atoms. The van der Waals surface area contributed by atoms with E-state index in [1.807, 2.05) is 19.9 Å². The first-order valence-corrected chi connectivity index (χ1v) is 11.7. The first-order valence-electron chi connectivity index (χ1n) is 10.1. The highest BCUT2D eigenvalue weighted by molar-refractivity contribution is 7.91. The third-order valence-corrected chi connectivity index (χ3v) is 6.68. The molecule has 0 spiro atoms. The molecule has 1 aliphatic heterocycles. The van der Waals surface area contributed by atoms with Crippen molar-refractivity contribution in [1.29, 1.82) is 0 Å². The van der Waals surface area contributed by atoms with Gasteiger partial charge in [0.25, 0.3) is 0 Å². The number of hydrogen-bond acceptors (Lipinski definition) is 5. The van der Waals surface area contributed by atoms with E-state index in [1.165, 1.54) is 0 Å². The number of urea groups is 1. The number of hydrogen-bond donors (Lipinski definition) is 2. The fourth-order valence-electron chi connectivity index (χ4n) is 3.41. The van der Waals surface area contributed by atoms with Crippen molar-refractivity contribution in [1.82, 2.24) is 10.6 Å². The Morgan fingerprint density at radius 3 is 2.29 bits per heavy atom. The molecule has 1 heterocycles. The van der Waals surface area contributed by atoms with Crippen LogP contribution in [-0.4, -0.2) is 32.8 Å². The lowest BCUT2D eigenvalue weighted by atomic mass is 9.95. The Hall–Kier alpha value is -3.13. The fraction of sp³-hybridized carbons (Fsp3) is 0.304. The van der Waals surface area contributed by atoms with Gasteiger partial charge in [-0.25, -0.2) is 18.0 Å². The zero-order chi connectivity index (χ0) is 22.6. The van der Waals surface area contributed by atoms with Crippen LogP contribution in [0, 0.1) is 0 Å². The molecule has 2 N–H and O–H groups in total. The van der Waals surface area contributed by atoms with Gasteiger partial charge in [0, 0.05) is 5.70 Å². The molecule has 2 aromatic carbocycles. The number of nitrogens with one attached hydrogen (secondary N) is 2. The summed E-state index contributed by atoms with van der Waals surface area (Å²) in [6, 6.07) is 14.1. The second kappa shape index (κ2) is 9.34. The average Bonchev–Trinajstić information content (AvgIpc) is 2.74. The number of amides is 2. The molecule has 0 radical (unpaired) electrons. The van der Waals surface area contributed by atoms with Crippen LogP contribution < -0.4 is 10.6 Å². The summed E-state index contributed by atoms with van der Waals surface area (Å²) in [5, 5.41) is 5.20. The van der Waals surface area contributed by atoms with E-state index in [2.05, 4.69) is 10.6 Å². The van der Waals surface area contributed by atoms with E-state index in [-0.39, 0.29) is 28.7 Å². The van der Waals surface area contributed by atoms with Crippen molar-refractivity contribution in [3.8, 4) is 0 Å². The molecule has 0 saturated carbocycles. The van der Waals surface area contributed by atoms with Gasteiger partial charge in [-0.3, -0.25) is 0 Å². The van der Waals surface area contributed by atoms with Crippen molar-refractivity contribution in [2.45, 2.75) is 37.6 Å². The van der Waals surface area contributed by atoms with E-state index in [9.17, 15) is 18.0 Å². The average molecular weight is 443 g/mol. The molecule has 0 aromatic heterocycles. The molecule has 8 heteroatoms. The van der Waals surface area contributed by atoms with Gasteiger partial charge in [-0.15, -0.1) is 0 Å². The Kier molecular flexibility index (Phi) is 6.80. The van der Waals surface area contributed by atoms with Crippen molar-refractivity contribution in [3.05, 3.63) is 77.0 Å². The summed E-state index contributed by atoms with van der Waals surface area (Å²) in [7, 11) is -3.82. The molecule has 7 nitrogen and oxygen atoms in total. The number of sulfone groups is 1. The first kappa shape index (κ1) is 22.6. The molecule has 2 amide bonds. The topological polar surface area (TPSA) is 102 Å². The van der Waals surface area contributed by atoms with E-state index in [4.69, 9.17) is 4.74 Å². The summed E-state index contributed by atoms with van der Waals surface area (Å²) in [6.07, 6.45) is 0. The minimum atomic E-state index is -3.82. The van der Waals surface area contributed by atoms with Gasteiger partial charge in [-0.1, -0.05) is 56.3 Å². The summed E-state index contributed by atoms with van der Waals surface area (Å²) in [5.74, 6) is -0.937. The molecule has 164 valence electrons. The molecule has 3 rings (SSSR count). The van der Waals surface area contributed by atoms with Gasteiger partial charge in [0.1, 0.15) is 0 Å². The van der Waals surface area contributed by atoms with Crippen LogP contribution in [-0.2, 0) is 19.4 Å². The molecular weight excluding hydrogens is 416 g/mol. The van der Waals surface area contributed by atoms with Crippen molar-refractivity contribution in [2.75, 3.05) is 12.4 Å². The van der Waals surface area contributed by atoms with Crippen molar-refractivity contribution >= 4 is 21.8 Å². The Balaban J connectivity index is 2.04. The van der Waals surface area contributed by atoms with Gasteiger partial charge in [-0.05, 0) is 36.1 Å². The Morgan fingerprint density at radius 1 is 1.06 bits per heavy atom. The molecule has 1 aliphatic rings. The van der Waals surface area contributed by atoms with Crippen molar-refractivity contribution in [3.63, 3.8) is 0 Å². The second-order valence-electron chi connectivity index (χ2n) is 7.54. The summed E-state index contributed by atoms with van der Waals surface area (Å²) >= 11 is 0. The highest BCUT2D eigenvalue weighted by Crippen LogP contribution is 2.29. The molecule has 1 unspecified atom stereocenters. The maximum Gasteiger partial charge on any atom is 0.338 e. The van der Waals surface area contributed by atoms with E-state index >= 15 is 0 Å². The highest BCUT2D eigenvalue weighted by Gasteiger charge is 2.35. The van der Waals surface area contributed by atoms with E-state index in [0.717, 1.165) is 5.56 Å². The minimum absolute atomic E-state index is 0.0176. The third kappa shape index (κ3) is 5.14. The number of esters is 1. The Labute approximate surface area is 182 Å². The normalized spacial score (nSPS) is 16.6. The predicted molar refractivity (Wildman–Crippen MR) is 117 cm³/mol. The SMILES string of the molecule is CCOC(=O)C1=C(CS(=O)(=O)c2ccc(C(C)C)cc2)NC(=O)NC1c1ccccc1. The zero-order valence-corrected chi connectivity index (χ0v) is 18.5. The van der Waals surface area contributed by atoms with Crippen LogP contribution in [0.25, 0.3) is 0 Å². The van der Waals surface area contributed by atoms with Crippen molar-refractivity contribution < 1.29 is 22.7 Å². The quantitative estimate of drug-likeness (QED) is 0.640. The van der Waals surface area contributed by atoms with Gasteiger partial charge in [0.05, 0.1) is 28.9 Å². The fourth-order valence-corrected chi connectivity index (χ4v) is 4.74. The molecular formula is C23H26N2O5S. The predicted octanol–water partition coefficient (Wildman–Crippen LogP) is 3.46. The monoisotopic (exact) mass is 442 g/mol. The summed E-state index contributed by atoms with van der Waals surface area (Å²) in [6.45, 7) is 5.83. The molecule has 0 bridgehead atoms. The van der Waals surface area contributed by atoms with E-state index in [0.29, 0.717) is 5.56 Å². The standard InChI is InChI=1S/C23H26N2O5S/c1-4-30-22(26)20-19(24-23(27)25-21(20)17-8-6-5-7-9-17)14-31(28,29)18-12-10-16(11-13-18)15(2)3/h5-13,15,21H,4,14H2,1-3H3,(H2,24,25,27). The Morgan fingerprint density at radius 2 is 1.71 bits per heavy atom. The van der Waals surface area contributed by atoms with Crippen LogP contribution in [0.2, 0.25) is 0 Å². The third-order valence-electron chi connectivity index (χ3n) is 5.02. The van der Waals surface area contributed by atoms with E-state index < -0.39 is 33.6 Å². The van der Waals surface area contributed by atoms with Gasteiger partial charge in [0.15, 0.2) is 9.84 Å². The number of benzene rings is 2. The number of carbonyl (C=O) groups excluding carboxylic acids is 2. The summed E-state index contributed by atoms with van der Waals surface area (Å²) in [4.78, 5) is 25.2. The lowest BCUT2D eigenvalue weighted by Crippen LogP contribution is -2.47. The maximum absolute atomic E-state index is 13.1. The Bertz CT molecular complexity index is 1090. The molecule has 1 atom stereocenters. The number of ether oxygens (including phenoxy) is 1. The summed E-state index contributed by atoms with van der Waals surface area (Å²) in [5.41, 5.74) is 1.76. The summed E-state index contributed by atoms with van der Waals surface area (Å²) < 4.78 is 31.4. The van der Waals surface area contributed by atoms with Crippen LogP contribution in [0.5, 0.6) is 0 Å². The van der Waals surface area contributed by atoms with Gasteiger partial charge < -0.3 is 15.4 Å². The molecule has 0 aliphatic carbocycles. The lowest BCUT2D eigenvalue weighted by Gasteiger charge is -2.29. The lowest BCUT2D eigenvalue weighted by molar-refractivity contribution is -0.139. The van der Waals surface area contributed by atoms with Crippen LogP contribution in [0.15, 0.2) is 70.8 Å². The van der Waals surface area contributed by atoms with E-state index in [1.54, 1.807) is 55.5 Å². The van der Waals surface area contributed by atoms with Crippen LogP contribution in [0.3, 0.4) is 0 Å². The molecule has 2 aromatic rings.